The van der Waals surface area contributed by atoms with Gasteiger partial charge in [0.05, 0.1) is 19.3 Å². The van der Waals surface area contributed by atoms with Crippen molar-refractivity contribution < 1.29 is 9.47 Å². The van der Waals surface area contributed by atoms with E-state index in [2.05, 4.69) is 57.0 Å². The third-order valence-electron chi connectivity index (χ3n) is 3.97. The number of nitrogens with zero attached hydrogens (tertiary/aromatic N) is 3. The topological polar surface area (TPSA) is 69.2 Å². The molecule has 0 aliphatic carbocycles. The number of ether oxygens (including phenoxy) is 2. The molecule has 0 aliphatic heterocycles. The number of pyridine rings is 1. The maximum Gasteiger partial charge on any atom is 0.258 e. The molecular weight excluding hydrogens is 396 g/mol. The monoisotopic (exact) mass is 422 g/mol. The van der Waals surface area contributed by atoms with Crippen molar-refractivity contribution in [2.24, 2.45) is 0 Å². The van der Waals surface area contributed by atoms with Crippen LogP contribution in [0, 0.1) is 0 Å². The van der Waals surface area contributed by atoms with Gasteiger partial charge in [-0.1, -0.05) is 33.6 Å². The highest BCUT2D eigenvalue weighted by molar-refractivity contribution is 9.10. The quantitative estimate of drug-likeness (QED) is 0.570. The van der Waals surface area contributed by atoms with E-state index in [-0.39, 0.29) is 0 Å². The lowest BCUT2D eigenvalue weighted by molar-refractivity contribution is 0.295. The highest BCUT2D eigenvalue weighted by Crippen LogP contribution is 2.36. The molecule has 0 spiro atoms. The number of hydrogen-bond acceptors (Lipinski definition) is 6. The Morgan fingerprint density at radius 2 is 1.88 bits per heavy atom. The van der Waals surface area contributed by atoms with Crippen LogP contribution in [0.1, 0.15) is 51.6 Å². The van der Waals surface area contributed by atoms with Crippen LogP contribution in [-0.4, -0.2) is 35.7 Å². The van der Waals surface area contributed by atoms with Crippen LogP contribution in [0.25, 0.3) is 11.3 Å². The van der Waals surface area contributed by atoms with Gasteiger partial charge in [-0.3, -0.25) is 0 Å². The molecular formula is C19H27BrN4O2. The van der Waals surface area contributed by atoms with Crippen molar-refractivity contribution in [3.8, 4) is 23.0 Å². The average Bonchev–Trinajstić information content (AvgIpc) is 2.65. The smallest absolute Gasteiger partial charge is 0.258 e. The van der Waals surface area contributed by atoms with Gasteiger partial charge in [-0.25, -0.2) is 15.0 Å². The first-order valence-electron chi connectivity index (χ1n) is 8.95. The zero-order valence-corrected chi connectivity index (χ0v) is 17.7. The zero-order valence-electron chi connectivity index (χ0n) is 16.1. The number of nitrogens with one attached hydrogen (secondary N) is 1. The lowest BCUT2D eigenvalue weighted by Gasteiger charge is -2.15. The SMILES string of the molecule is CCCCCOc1nc(Br)c(-c2ccc(C(C)C)nc2OC)nc1NC. The van der Waals surface area contributed by atoms with E-state index in [0.717, 1.165) is 30.5 Å². The van der Waals surface area contributed by atoms with Crippen molar-refractivity contribution in [3.63, 3.8) is 0 Å². The number of unbranched alkanes of at least 4 members (excludes halogenated alkanes) is 2. The van der Waals surface area contributed by atoms with Gasteiger partial charge in [0.25, 0.3) is 5.88 Å². The van der Waals surface area contributed by atoms with Gasteiger partial charge in [0, 0.05) is 12.7 Å². The molecule has 7 heteroatoms. The van der Waals surface area contributed by atoms with Crippen LogP contribution in [0.15, 0.2) is 16.7 Å². The second-order valence-corrected chi connectivity index (χ2v) is 7.02. The molecule has 142 valence electrons. The lowest BCUT2D eigenvalue weighted by atomic mass is 10.1. The molecule has 0 unspecified atom stereocenters. The molecule has 0 fully saturated rings. The number of methoxy groups -OCH3 is 1. The molecule has 0 bridgehead atoms. The normalized spacial score (nSPS) is 10.9. The molecule has 2 rings (SSSR count). The van der Waals surface area contributed by atoms with Gasteiger partial charge in [0.2, 0.25) is 5.88 Å². The summed E-state index contributed by atoms with van der Waals surface area (Å²) in [6.45, 7) is 6.98. The molecule has 1 N–H and O–H groups in total. The number of halogens is 1. The molecule has 0 saturated heterocycles. The predicted molar refractivity (Wildman–Crippen MR) is 108 cm³/mol. The van der Waals surface area contributed by atoms with Crippen LogP contribution in [0.4, 0.5) is 5.82 Å². The van der Waals surface area contributed by atoms with Crippen LogP contribution < -0.4 is 14.8 Å². The van der Waals surface area contributed by atoms with Crippen molar-refractivity contribution in [1.82, 2.24) is 15.0 Å². The first-order valence-corrected chi connectivity index (χ1v) is 9.74. The summed E-state index contributed by atoms with van der Waals surface area (Å²) in [4.78, 5) is 13.8. The highest BCUT2D eigenvalue weighted by Gasteiger charge is 2.19. The zero-order chi connectivity index (χ0) is 19.1. The van der Waals surface area contributed by atoms with Gasteiger partial charge < -0.3 is 14.8 Å². The molecule has 2 heterocycles. The second-order valence-electron chi connectivity index (χ2n) is 6.27. The Balaban J connectivity index is 2.38. The summed E-state index contributed by atoms with van der Waals surface area (Å²) in [5.74, 6) is 1.93. The van der Waals surface area contributed by atoms with Crippen LogP contribution in [0.5, 0.6) is 11.8 Å². The van der Waals surface area contributed by atoms with Crippen molar-refractivity contribution in [3.05, 3.63) is 22.4 Å². The first kappa shape index (κ1) is 20.4. The average molecular weight is 423 g/mol. The van der Waals surface area contributed by atoms with E-state index in [1.807, 2.05) is 12.1 Å². The molecule has 26 heavy (non-hydrogen) atoms. The summed E-state index contributed by atoms with van der Waals surface area (Å²) in [7, 11) is 3.42. The second kappa shape index (κ2) is 9.71. The molecule has 0 aliphatic rings. The van der Waals surface area contributed by atoms with Gasteiger partial charge in [-0.2, -0.15) is 0 Å². The van der Waals surface area contributed by atoms with Crippen molar-refractivity contribution in [1.29, 1.82) is 0 Å². The Morgan fingerprint density at radius 3 is 2.50 bits per heavy atom. The summed E-state index contributed by atoms with van der Waals surface area (Å²) in [6.07, 6.45) is 3.28. The molecule has 0 saturated carbocycles. The van der Waals surface area contributed by atoms with Crippen molar-refractivity contribution in [2.75, 3.05) is 26.1 Å². The van der Waals surface area contributed by atoms with Crippen molar-refractivity contribution in [2.45, 2.75) is 46.0 Å². The van der Waals surface area contributed by atoms with Gasteiger partial charge in [0.1, 0.15) is 10.3 Å². The van der Waals surface area contributed by atoms with E-state index in [1.165, 1.54) is 0 Å². The van der Waals surface area contributed by atoms with Crippen LogP contribution in [0.3, 0.4) is 0 Å². The van der Waals surface area contributed by atoms with Crippen LogP contribution in [-0.2, 0) is 0 Å². The van der Waals surface area contributed by atoms with Crippen LogP contribution in [0.2, 0.25) is 0 Å². The standard InChI is InChI=1S/C19H27BrN4O2/c1-6-7-8-11-26-19-17(21-4)23-15(16(20)24-19)13-9-10-14(12(2)3)22-18(13)25-5/h9-10,12H,6-8,11H2,1-5H3,(H,21,23). The third kappa shape index (κ3) is 4.84. The molecule has 2 aromatic rings. The Bertz CT molecular complexity index is 738. The summed E-state index contributed by atoms with van der Waals surface area (Å²) in [6, 6.07) is 3.96. The maximum atomic E-state index is 5.80. The fourth-order valence-electron chi connectivity index (χ4n) is 2.47. The Labute approximate surface area is 163 Å². The van der Waals surface area contributed by atoms with E-state index < -0.39 is 0 Å². The Hall–Kier alpha value is -1.89. The lowest BCUT2D eigenvalue weighted by Crippen LogP contribution is -2.07. The minimum Gasteiger partial charge on any atom is -0.480 e. The number of anilines is 1. The minimum atomic E-state index is 0.319. The molecule has 0 aromatic carbocycles. The fraction of sp³-hybridized carbons (Fsp3) is 0.526. The number of hydrogen-bond donors (Lipinski definition) is 1. The Morgan fingerprint density at radius 1 is 1.12 bits per heavy atom. The predicted octanol–water partition coefficient (Wildman–Crippen LogP) is 5.04. The van der Waals surface area contributed by atoms with E-state index in [9.17, 15) is 0 Å². The molecule has 2 aromatic heterocycles. The van der Waals surface area contributed by atoms with Gasteiger partial charge in [-0.15, -0.1) is 0 Å². The van der Waals surface area contributed by atoms with E-state index in [4.69, 9.17) is 9.47 Å². The summed E-state index contributed by atoms with van der Waals surface area (Å²) >= 11 is 3.52. The third-order valence-corrected chi connectivity index (χ3v) is 4.52. The van der Waals surface area contributed by atoms with Crippen molar-refractivity contribution >= 4 is 21.7 Å². The first-order chi connectivity index (χ1) is 12.5. The number of aromatic nitrogens is 3. The van der Waals surface area contributed by atoms with Crippen LogP contribution >= 0.6 is 15.9 Å². The summed E-state index contributed by atoms with van der Waals surface area (Å²) in [5, 5.41) is 3.06. The summed E-state index contributed by atoms with van der Waals surface area (Å²) < 4.78 is 11.9. The summed E-state index contributed by atoms with van der Waals surface area (Å²) in [5.41, 5.74) is 2.42. The molecule has 0 atom stereocenters. The maximum absolute atomic E-state index is 5.80. The largest absolute Gasteiger partial charge is 0.480 e. The van der Waals surface area contributed by atoms with Gasteiger partial charge in [0.15, 0.2) is 5.82 Å². The Kier molecular flexibility index (Phi) is 7.63. The minimum absolute atomic E-state index is 0.319. The molecule has 0 radical (unpaired) electrons. The fourth-order valence-corrected chi connectivity index (χ4v) is 2.93. The van der Waals surface area contributed by atoms with E-state index in [0.29, 0.717) is 40.4 Å². The number of rotatable bonds is 9. The van der Waals surface area contributed by atoms with Gasteiger partial charge in [-0.05, 0) is 40.4 Å². The molecule has 0 amide bonds. The molecule has 6 nitrogen and oxygen atoms in total. The highest BCUT2D eigenvalue weighted by atomic mass is 79.9. The van der Waals surface area contributed by atoms with E-state index >= 15 is 0 Å². The van der Waals surface area contributed by atoms with Gasteiger partial charge >= 0.3 is 0 Å². The van der Waals surface area contributed by atoms with E-state index in [1.54, 1.807) is 14.2 Å².